The topological polar surface area (TPSA) is 89.4 Å². The highest BCUT2D eigenvalue weighted by Crippen LogP contribution is 2.31. The van der Waals surface area contributed by atoms with Crippen LogP contribution in [0.5, 0.6) is 5.75 Å². The maximum Gasteiger partial charge on any atom is 0.182 e. The SMILES string of the molecule is CCCCC(N)c1cc(=O)cc2oc3cc(O)ccc3nc1-2. The van der Waals surface area contributed by atoms with Crippen LogP contribution in [0.2, 0.25) is 0 Å². The van der Waals surface area contributed by atoms with Gasteiger partial charge in [0.1, 0.15) is 17.0 Å². The summed E-state index contributed by atoms with van der Waals surface area (Å²) in [5, 5.41) is 9.53. The number of nitrogens with two attached hydrogens (primary N) is 1. The summed E-state index contributed by atoms with van der Waals surface area (Å²) in [5.41, 5.74) is 8.45. The normalized spacial score (nSPS) is 12.8. The van der Waals surface area contributed by atoms with E-state index in [0.29, 0.717) is 22.6 Å². The highest BCUT2D eigenvalue weighted by Gasteiger charge is 2.19. The van der Waals surface area contributed by atoms with Crippen molar-refractivity contribution in [3.8, 4) is 17.2 Å². The average Bonchev–Trinajstić information content (AvgIpc) is 2.49. The zero-order valence-corrected chi connectivity index (χ0v) is 12.4. The Morgan fingerprint density at radius 1 is 1.32 bits per heavy atom. The van der Waals surface area contributed by atoms with Crippen LogP contribution in [-0.4, -0.2) is 10.1 Å². The van der Waals surface area contributed by atoms with Crippen molar-refractivity contribution in [1.82, 2.24) is 4.98 Å². The summed E-state index contributed by atoms with van der Waals surface area (Å²) in [6.45, 7) is 2.10. The second-order valence-corrected chi connectivity index (χ2v) is 5.47. The van der Waals surface area contributed by atoms with Crippen LogP contribution in [0.1, 0.15) is 37.8 Å². The number of hydrogen-bond donors (Lipinski definition) is 2. The van der Waals surface area contributed by atoms with Gasteiger partial charge in [-0.15, -0.1) is 0 Å². The minimum absolute atomic E-state index is 0.0931. The molecule has 3 rings (SSSR count). The molecule has 3 N–H and O–H groups in total. The van der Waals surface area contributed by atoms with Gasteiger partial charge in [0.2, 0.25) is 0 Å². The first-order chi connectivity index (χ1) is 10.6. The smallest absolute Gasteiger partial charge is 0.182 e. The van der Waals surface area contributed by atoms with Gasteiger partial charge in [0.05, 0.1) is 0 Å². The van der Waals surface area contributed by atoms with E-state index in [1.54, 1.807) is 12.1 Å². The summed E-state index contributed by atoms with van der Waals surface area (Å²) >= 11 is 0. The number of unbranched alkanes of at least 4 members (excludes halogenated alkanes) is 1. The molecule has 0 aromatic heterocycles. The van der Waals surface area contributed by atoms with Gasteiger partial charge in [-0.1, -0.05) is 19.8 Å². The first-order valence-electron chi connectivity index (χ1n) is 7.41. The Morgan fingerprint density at radius 2 is 2.14 bits per heavy atom. The van der Waals surface area contributed by atoms with E-state index in [1.807, 2.05) is 0 Å². The molecule has 22 heavy (non-hydrogen) atoms. The fourth-order valence-corrected chi connectivity index (χ4v) is 2.58. The number of fused-ring (bicyclic) bond motifs is 2. The van der Waals surface area contributed by atoms with Gasteiger partial charge < -0.3 is 15.3 Å². The molecule has 2 aliphatic rings. The molecule has 0 fully saturated rings. The predicted molar refractivity (Wildman–Crippen MR) is 85.0 cm³/mol. The lowest BCUT2D eigenvalue weighted by molar-refractivity contribution is 0.474. The largest absolute Gasteiger partial charge is 0.508 e. The van der Waals surface area contributed by atoms with Crippen molar-refractivity contribution in [3.05, 3.63) is 46.1 Å². The molecule has 1 aromatic carbocycles. The molecule has 114 valence electrons. The second-order valence-electron chi connectivity index (χ2n) is 5.47. The Balaban J connectivity index is 2.20. The van der Waals surface area contributed by atoms with E-state index in [2.05, 4.69) is 11.9 Å². The molecule has 0 saturated heterocycles. The molecule has 1 aliphatic heterocycles. The second kappa shape index (κ2) is 5.77. The van der Waals surface area contributed by atoms with Gasteiger partial charge in [0.25, 0.3) is 0 Å². The third-order valence-corrected chi connectivity index (χ3v) is 3.74. The molecule has 0 saturated carbocycles. The van der Waals surface area contributed by atoms with Gasteiger partial charge in [-0.3, -0.25) is 4.79 Å². The minimum Gasteiger partial charge on any atom is -0.508 e. The van der Waals surface area contributed by atoms with Crippen molar-refractivity contribution >= 4 is 11.1 Å². The zero-order chi connectivity index (χ0) is 15.7. The Bertz CT molecular complexity index is 841. The van der Waals surface area contributed by atoms with Crippen molar-refractivity contribution in [2.75, 3.05) is 0 Å². The first kappa shape index (κ1) is 14.5. The zero-order valence-electron chi connectivity index (χ0n) is 12.4. The van der Waals surface area contributed by atoms with E-state index in [1.165, 1.54) is 18.2 Å². The summed E-state index contributed by atoms with van der Waals surface area (Å²) in [7, 11) is 0. The third-order valence-electron chi connectivity index (χ3n) is 3.74. The van der Waals surface area contributed by atoms with Gasteiger partial charge in [-0.25, -0.2) is 4.98 Å². The number of rotatable bonds is 4. The Hall–Kier alpha value is -2.40. The molecule has 1 unspecified atom stereocenters. The van der Waals surface area contributed by atoms with Crippen molar-refractivity contribution in [1.29, 1.82) is 0 Å². The van der Waals surface area contributed by atoms with E-state index in [4.69, 9.17) is 10.2 Å². The molecule has 1 aliphatic carbocycles. The van der Waals surface area contributed by atoms with Gasteiger partial charge >= 0.3 is 0 Å². The fourth-order valence-electron chi connectivity index (χ4n) is 2.58. The van der Waals surface area contributed by atoms with Crippen LogP contribution < -0.4 is 11.2 Å². The van der Waals surface area contributed by atoms with Gasteiger partial charge in [0, 0.05) is 23.7 Å². The monoisotopic (exact) mass is 298 g/mol. The van der Waals surface area contributed by atoms with Crippen LogP contribution in [-0.2, 0) is 0 Å². The van der Waals surface area contributed by atoms with E-state index in [0.717, 1.165) is 24.8 Å². The third kappa shape index (κ3) is 2.67. The number of hydrogen-bond acceptors (Lipinski definition) is 5. The molecule has 5 nitrogen and oxygen atoms in total. The van der Waals surface area contributed by atoms with Crippen LogP contribution >= 0.6 is 0 Å². The molecule has 0 bridgehead atoms. The number of nitrogens with zero attached hydrogens (tertiary/aromatic N) is 1. The Labute approximate surface area is 127 Å². The van der Waals surface area contributed by atoms with E-state index >= 15 is 0 Å². The number of phenols is 1. The summed E-state index contributed by atoms with van der Waals surface area (Å²) in [6.07, 6.45) is 2.83. The lowest BCUT2D eigenvalue weighted by Gasteiger charge is -2.16. The van der Waals surface area contributed by atoms with Gasteiger partial charge in [0.15, 0.2) is 16.8 Å². The summed E-state index contributed by atoms with van der Waals surface area (Å²) in [6, 6.07) is 7.42. The molecule has 0 amide bonds. The maximum atomic E-state index is 11.9. The van der Waals surface area contributed by atoms with Crippen molar-refractivity contribution in [2.45, 2.75) is 32.2 Å². The van der Waals surface area contributed by atoms with Gasteiger partial charge in [-0.05, 0) is 24.6 Å². The lowest BCUT2D eigenvalue weighted by Crippen LogP contribution is -2.16. The molecule has 1 heterocycles. The number of phenolic OH excluding ortho intramolecular Hbond substituents is 1. The van der Waals surface area contributed by atoms with E-state index in [-0.39, 0.29) is 17.2 Å². The van der Waals surface area contributed by atoms with Crippen LogP contribution in [0.3, 0.4) is 0 Å². The molecule has 0 radical (unpaired) electrons. The van der Waals surface area contributed by atoms with Crippen molar-refractivity contribution in [2.24, 2.45) is 5.73 Å². The molecule has 5 heteroatoms. The summed E-state index contributed by atoms with van der Waals surface area (Å²) in [5.74, 6) is 0.489. The van der Waals surface area contributed by atoms with Crippen LogP contribution in [0.25, 0.3) is 22.6 Å². The number of benzene rings is 2. The van der Waals surface area contributed by atoms with Gasteiger partial charge in [-0.2, -0.15) is 0 Å². The Morgan fingerprint density at radius 3 is 2.91 bits per heavy atom. The quantitative estimate of drug-likeness (QED) is 0.722. The summed E-state index contributed by atoms with van der Waals surface area (Å²) < 4.78 is 5.73. The van der Waals surface area contributed by atoms with Crippen LogP contribution in [0.15, 0.2) is 39.5 Å². The highest BCUT2D eigenvalue weighted by atomic mass is 16.3. The molecule has 1 aromatic rings. The van der Waals surface area contributed by atoms with Crippen molar-refractivity contribution in [3.63, 3.8) is 0 Å². The molecule has 1 atom stereocenters. The van der Waals surface area contributed by atoms with Crippen molar-refractivity contribution < 1.29 is 9.52 Å². The fraction of sp³-hybridized carbons (Fsp3) is 0.294. The van der Waals surface area contributed by atoms with Crippen LogP contribution in [0.4, 0.5) is 0 Å². The molecular weight excluding hydrogens is 280 g/mol. The van der Waals surface area contributed by atoms with Crippen LogP contribution in [0, 0.1) is 0 Å². The minimum atomic E-state index is -0.242. The average molecular weight is 298 g/mol. The number of aromatic nitrogens is 1. The standard InChI is InChI=1S/C17H18N2O3/c1-2-3-4-13(18)12-7-11(21)9-16-17(12)19-14-6-5-10(20)8-15(14)22-16/h5-9,13,20H,2-4,18H2,1H3. The maximum absolute atomic E-state index is 11.9. The lowest BCUT2D eigenvalue weighted by atomic mass is 9.98. The summed E-state index contributed by atoms with van der Waals surface area (Å²) in [4.78, 5) is 16.5. The van der Waals surface area contributed by atoms with E-state index < -0.39 is 0 Å². The highest BCUT2D eigenvalue weighted by molar-refractivity contribution is 5.78. The predicted octanol–water partition coefficient (Wildman–Crippen LogP) is 3.19. The van der Waals surface area contributed by atoms with E-state index in [9.17, 15) is 9.90 Å². The molecule has 0 spiro atoms. The number of aromatic hydroxyl groups is 1. The Kier molecular flexibility index (Phi) is 3.81. The molecular formula is C17H18N2O3. The first-order valence-corrected chi connectivity index (χ1v) is 7.41.